The zero-order valence-corrected chi connectivity index (χ0v) is 15.1. The van der Waals surface area contributed by atoms with Crippen LogP contribution in [0.15, 0.2) is 78.9 Å². The molecule has 0 fully saturated rings. The second kappa shape index (κ2) is 7.97. The van der Waals surface area contributed by atoms with Crippen LogP contribution in [0.25, 0.3) is 0 Å². The van der Waals surface area contributed by atoms with E-state index in [0.717, 1.165) is 9.13 Å². The van der Waals surface area contributed by atoms with Crippen molar-refractivity contribution in [2.45, 2.75) is 6.61 Å². The summed E-state index contributed by atoms with van der Waals surface area (Å²) in [5, 5.41) is 2.94. The molecule has 1 N–H and O–H groups in total. The maximum absolute atomic E-state index is 12.5. The summed E-state index contributed by atoms with van der Waals surface area (Å²) in [5.41, 5.74) is 2.39. The number of carbonyl (C=O) groups is 1. The first-order valence-corrected chi connectivity index (χ1v) is 8.63. The van der Waals surface area contributed by atoms with Gasteiger partial charge in [-0.15, -0.1) is 0 Å². The van der Waals surface area contributed by atoms with Crippen LogP contribution in [-0.4, -0.2) is 5.91 Å². The quantitative estimate of drug-likeness (QED) is 0.572. The maximum Gasteiger partial charge on any atom is 0.256 e. The van der Waals surface area contributed by atoms with Gasteiger partial charge in [-0.05, 0) is 52.4 Å². The first-order chi connectivity index (χ1) is 11.7. The van der Waals surface area contributed by atoms with Crippen molar-refractivity contribution in [3.05, 3.63) is 93.6 Å². The maximum atomic E-state index is 12.5. The van der Waals surface area contributed by atoms with Gasteiger partial charge < -0.3 is 10.1 Å². The van der Waals surface area contributed by atoms with Crippen LogP contribution in [0.4, 0.5) is 5.69 Å². The summed E-state index contributed by atoms with van der Waals surface area (Å²) in [6.45, 7) is 0.455. The Morgan fingerprint density at radius 1 is 0.875 bits per heavy atom. The Hall–Kier alpha value is -2.34. The molecule has 4 heteroatoms. The van der Waals surface area contributed by atoms with Crippen molar-refractivity contribution in [3.8, 4) is 5.75 Å². The third-order valence-electron chi connectivity index (χ3n) is 3.49. The second-order valence-electron chi connectivity index (χ2n) is 5.20. The highest BCUT2D eigenvalue weighted by molar-refractivity contribution is 14.1. The molecular formula is C20H16INO2. The molecule has 0 unspecified atom stereocenters. The molecule has 0 aromatic heterocycles. The van der Waals surface area contributed by atoms with E-state index < -0.39 is 0 Å². The van der Waals surface area contributed by atoms with Crippen molar-refractivity contribution in [2.24, 2.45) is 0 Å². The summed E-state index contributed by atoms with van der Waals surface area (Å²) in [6.07, 6.45) is 0. The lowest BCUT2D eigenvalue weighted by Crippen LogP contribution is -2.14. The van der Waals surface area contributed by atoms with E-state index in [1.807, 2.05) is 78.9 Å². The molecule has 0 bridgehead atoms. The summed E-state index contributed by atoms with van der Waals surface area (Å²) in [4.78, 5) is 12.5. The molecule has 0 atom stereocenters. The van der Waals surface area contributed by atoms with Crippen LogP contribution in [0.5, 0.6) is 5.75 Å². The second-order valence-corrected chi connectivity index (χ2v) is 6.37. The Morgan fingerprint density at radius 2 is 1.54 bits per heavy atom. The minimum atomic E-state index is -0.143. The summed E-state index contributed by atoms with van der Waals surface area (Å²) in [5.74, 6) is 0.511. The number of amides is 1. The summed E-state index contributed by atoms with van der Waals surface area (Å²) in [7, 11) is 0. The van der Waals surface area contributed by atoms with Crippen molar-refractivity contribution in [1.82, 2.24) is 0 Å². The van der Waals surface area contributed by atoms with Crippen LogP contribution in [0.3, 0.4) is 0 Å². The highest BCUT2D eigenvalue weighted by Crippen LogP contribution is 2.26. The number of hydrogen-bond acceptors (Lipinski definition) is 2. The van der Waals surface area contributed by atoms with Crippen LogP contribution in [0, 0.1) is 3.57 Å². The van der Waals surface area contributed by atoms with E-state index in [-0.39, 0.29) is 5.91 Å². The molecule has 0 spiro atoms. The van der Waals surface area contributed by atoms with Crippen molar-refractivity contribution in [3.63, 3.8) is 0 Å². The Labute approximate surface area is 154 Å². The van der Waals surface area contributed by atoms with Gasteiger partial charge in [0.25, 0.3) is 5.91 Å². The number of nitrogens with one attached hydrogen (secondary N) is 1. The van der Waals surface area contributed by atoms with Crippen LogP contribution in [-0.2, 0) is 6.61 Å². The van der Waals surface area contributed by atoms with Crippen molar-refractivity contribution >= 4 is 34.2 Å². The largest absolute Gasteiger partial charge is 0.487 e. The number of rotatable bonds is 5. The van der Waals surface area contributed by atoms with Crippen LogP contribution >= 0.6 is 22.6 Å². The van der Waals surface area contributed by atoms with Gasteiger partial charge in [0.15, 0.2) is 0 Å². The van der Waals surface area contributed by atoms with Crippen LogP contribution < -0.4 is 10.1 Å². The zero-order chi connectivity index (χ0) is 16.8. The molecule has 3 aromatic carbocycles. The molecule has 0 heterocycles. The van der Waals surface area contributed by atoms with E-state index in [4.69, 9.17) is 4.74 Å². The van der Waals surface area contributed by atoms with Gasteiger partial charge in [-0.2, -0.15) is 0 Å². The number of anilines is 1. The molecule has 3 nitrogen and oxygen atoms in total. The van der Waals surface area contributed by atoms with Gasteiger partial charge in [-0.1, -0.05) is 54.6 Å². The normalized spacial score (nSPS) is 10.2. The van der Waals surface area contributed by atoms with Crippen LogP contribution in [0.1, 0.15) is 15.9 Å². The minimum Gasteiger partial charge on any atom is -0.487 e. The third-order valence-corrected chi connectivity index (χ3v) is 4.43. The fourth-order valence-electron chi connectivity index (χ4n) is 2.27. The molecule has 1 amide bonds. The third kappa shape index (κ3) is 4.14. The molecule has 120 valence electrons. The Balaban J connectivity index is 1.74. The average molecular weight is 429 g/mol. The molecule has 0 aliphatic carbocycles. The zero-order valence-electron chi connectivity index (χ0n) is 12.9. The van der Waals surface area contributed by atoms with Gasteiger partial charge >= 0.3 is 0 Å². The SMILES string of the molecule is O=C(Nc1ccccc1OCc1ccccc1)c1ccccc1I. The van der Waals surface area contributed by atoms with Crippen molar-refractivity contribution < 1.29 is 9.53 Å². The average Bonchev–Trinajstić information content (AvgIpc) is 2.62. The van der Waals surface area contributed by atoms with Gasteiger partial charge in [-0.3, -0.25) is 4.79 Å². The van der Waals surface area contributed by atoms with Crippen molar-refractivity contribution in [1.29, 1.82) is 0 Å². The summed E-state index contributed by atoms with van der Waals surface area (Å²) in [6, 6.07) is 24.9. The van der Waals surface area contributed by atoms with Crippen molar-refractivity contribution in [2.75, 3.05) is 5.32 Å². The fourth-order valence-corrected chi connectivity index (χ4v) is 2.90. The molecule has 0 aliphatic heterocycles. The molecule has 0 aliphatic rings. The summed E-state index contributed by atoms with van der Waals surface area (Å²) < 4.78 is 6.79. The highest BCUT2D eigenvalue weighted by Gasteiger charge is 2.12. The number of ether oxygens (including phenoxy) is 1. The van der Waals surface area contributed by atoms with E-state index >= 15 is 0 Å². The van der Waals surface area contributed by atoms with Gasteiger partial charge in [0.2, 0.25) is 0 Å². The molecule has 0 saturated carbocycles. The molecule has 3 rings (SSSR count). The lowest BCUT2D eigenvalue weighted by atomic mass is 10.2. The predicted octanol–water partition coefficient (Wildman–Crippen LogP) is 5.12. The number of halogens is 1. The van der Waals surface area contributed by atoms with E-state index in [9.17, 15) is 4.79 Å². The molecule has 24 heavy (non-hydrogen) atoms. The van der Waals surface area contributed by atoms with E-state index in [2.05, 4.69) is 27.9 Å². The number of benzene rings is 3. The first kappa shape index (κ1) is 16.5. The Morgan fingerprint density at radius 3 is 2.33 bits per heavy atom. The predicted molar refractivity (Wildman–Crippen MR) is 104 cm³/mol. The number of carbonyl (C=O) groups excluding carboxylic acids is 1. The minimum absolute atomic E-state index is 0.143. The molecule has 0 saturated heterocycles. The number of hydrogen-bond donors (Lipinski definition) is 1. The molecule has 3 aromatic rings. The van der Waals surface area contributed by atoms with Gasteiger partial charge in [0, 0.05) is 3.57 Å². The number of para-hydroxylation sites is 2. The summed E-state index contributed by atoms with van der Waals surface area (Å²) >= 11 is 2.16. The van der Waals surface area contributed by atoms with E-state index in [1.54, 1.807) is 0 Å². The van der Waals surface area contributed by atoms with E-state index in [1.165, 1.54) is 0 Å². The van der Waals surface area contributed by atoms with E-state index in [0.29, 0.717) is 23.6 Å². The Kier molecular flexibility index (Phi) is 5.48. The fraction of sp³-hybridized carbons (Fsp3) is 0.0500. The first-order valence-electron chi connectivity index (χ1n) is 7.55. The van der Waals surface area contributed by atoms with Gasteiger partial charge in [0.1, 0.15) is 12.4 Å². The monoisotopic (exact) mass is 429 g/mol. The standard InChI is InChI=1S/C20H16INO2/c21-17-11-5-4-10-16(17)20(23)22-18-12-6-7-13-19(18)24-14-15-8-2-1-3-9-15/h1-13H,14H2,(H,22,23). The lowest BCUT2D eigenvalue weighted by molar-refractivity contribution is 0.102. The molecular weight excluding hydrogens is 413 g/mol. The topological polar surface area (TPSA) is 38.3 Å². The van der Waals surface area contributed by atoms with Crippen LogP contribution in [0.2, 0.25) is 0 Å². The molecule has 0 radical (unpaired) electrons. The lowest BCUT2D eigenvalue weighted by Gasteiger charge is -2.13. The smallest absolute Gasteiger partial charge is 0.256 e. The van der Waals surface area contributed by atoms with Gasteiger partial charge in [-0.25, -0.2) is 0 Å². The van der Waals surface area contributed by atoms with Gasteiger partial charge in [0.05, 0.1) is 11.3 Å². The Bertz CT molecular complexity index is 834. The highest BCUT2D eigenvalue weighted by atomic mass is 127.